The molecule has 1 saturated carbocycles. The lowest BCUT2D eigenvalue weighted by molar-refractivity contribution is -0.117. The number of aryl methyl sites for hydroxylation is 2. The van der Waals surface area contributed by atoms with Gasteiger partial charge in [-0.15, -0.1) is 0 Å². The van der Waals surface area contributed by atoms with E-state index in [4.69, 9.17) is 11.6 Å². The van der Waals surface area contributed by atoms with Crippen LogP contribution < -0.4 is 0 Å². The summed E-state index contributed by atoms with van der Waals surface area (Å²) in [6.45, 7) is 7.20. The van der Waals surface area contributed by atoms with Crippen molar-refractivity contribution in [2.75, 3.05) is 13.1 Å². The van der Waals surface area contributed by atoms with Gasteiger partial charge in [0.1, 0.15) is 0 Å². The van der Waals surface area contributed by atoms with Gasteiger partial charge in [-0.1, -0.05) is 11.6 Å². The second-order valence-corrected chi connectivity index (χ2v) is 6.06. The molecule has 4 nitrogen and oxygen atoms in total. The molecule has 100 valence electrons. The highest BCUT2D eigenvalue weighted by atomic mass is 35.5. The molecule has 0 aromatic carbocycles. The molecule has 18 heavy (non-hydrogen) atoms. The first-order chi connectivity index (χ1) is 8.53. The quantitative estimate of drug-likeness (QED) is 0.907. The molecule has 0 unspecified atom stereocenters. The van der Waals surface area contributed by atoms with Gasteiger partial charge in [0.25, 0.3) is 0 Å². The molecule has 1 aromatic rings. The van der Waals surface area contributed by atoms with E-state index in [1.807, 2.05) is 11.6 Å². The summed E-state index contributed by atoms with van der Waals surface area (Å²) < 4.78 is 1.96. The first kappa shape index (κ1) is 12.5. The molecule has 0 atom stereocenters. The summed E-state index contributed by atoms with van der Waals surface area (Å²) in [4.78, 5) is 2.26. The van der Waals surface area contributed by atoms with Crippen LogP contribution in [0.2, 0.25) is 5.02 Å². The molecule has 2 fully saturated rings. The van der Waals surface area contributed by atoms with Gasteiger partial charge >= 0.3 is 0 Å². The van der Waals surface area contributed by atoms with Crippen molar-refractivity contribution >= 4 is 11.6 Å². The van der Waals surface area contributed by atoms with Crippen molar-refractivity contribution in [3.63, 3.8) is 0 Å². The van der Waals surface area contributed by atoms with E-state index >= 15 is 0 Å². The second kappa shape index (κ2) is 4.22. The summed E-state index contributed by atoms with van der Waals surface area (Å²) in [5.74, 6) is 0.544. The van der Waals surface area contributed by atoms with E-state index in [1.165, 1.54) is 12.8 Å². The van der Waals surface area contributed by atoms with Crippen molar-refractivity contribution in [1.29, 1.82) is 0 Å². The molecular formula is C13H20ClN3O. The van der Waals surface area contributed by atoms with E-state index in [0.717, 1.165) is 42.6 Å². The number of aromatic nitrogens is 2. The highest BCUT2D eigenvalue weighted by Crippen LogP contribution is 2.45. The molecule has 0 bridgehead atoms. The van der Waals surface area contributed by atoms with E-state index in [9.17, 15) is 5.11 Å². The first-order valence-corrected chi connectivity index (χ1v) is 7.08. The van der Waals surface area contributed by atoms with Crippen LogP contribution in [0.4, 0.5) is 0 Å². The molecule has 5 heteroatoms. The number of rotatable bonds is 4. The molecule has 3 rings (SSSR count). The lowest BCUT2D eigenvalue weighted by Crippen LogP contribution is -2.62. The van der Waals surface area contributed by atoms with Crippen molar-refractivity contribution in [1.82, 2.24) is 14.7 Å². The van der Waals surface area contributed by atoms with E-state index in [0.29, 0.717) is 5.92 Å². The molecule has 1 saturated heterocycles. The normalized spacial score (nSPS) is 23.1. The maximum Gasteiger partial charge on any atom is 0.0928 e. The van der Waals surface area contributed by atoms with Crippen molar-refractivity contribution in [2.24, 2.45) is 5.92 Å². The van der Waals surface area contributed by atoms with Gasteiger partial charge in [-0.2, -0.15) is 5.10 Å². The molecule has 0 radical (unpaired) electrons. The smallest absolute Gasteiger partial charge is 0.0928 e. The van der Waals surface area contributed by atoms with Gasteiger partial charge in [-0.3, -0.25) is 9.58 Å². The van der Waals surface area contributed by atoms with Crippen LogP contribution in [-0.2, 0) is 13.1 Å². The molecule has 0 amide bonds. The molecule has 2 heterocycles. The van der Waals surface area contributed by atoms with Crippen LogP contribution in [0.25, 0.3) is 0 Å². The number of β-amino-alcohol motifs (C(OH)–C–C–N with tert-alkyl or cyclic N) is 1. The fourth-order valence-corrected chi connectivity index (χ4v) is 3.15. The number of likely N-dealkylation sites (tertiary alicyclic amines) is 1. The Balaban J connectivity index is 1.67. The van der Waals surface area contributed by atoms with Crippen LogP contribution >= 0.6 is 11.6 Å². The predicted molar refractivity (Wildman–Crippen MR) is 70.6 cm³/mol. The van der Waals surface area contributed by atoms with E-state index in [1.54, 1.807) is 0 Å². The van der Waals surface area contributed by atoms with Crippen molar-refractivity contribution in [3.05, 3.63) is 16.4 Å². The average Bonchev–Trinajstić information content (AvgIpc) is 3.10. The molecular weight excluding hydrogens is 250 g/mol. The number of halogens is 1. The highest BCUT2D eigenvalue weighted by Gasteiger charge is 2.51. The summed E-state index contributed by atoms with van der Waals surface area (Å²) in [6, 6.07) is 0. The maximum atomic E-state index is 10.3. The zero-order valence-electron chi connectivity index (χ0n) is 11.0. The van der Waals surface area contributed by atoms with Gasteiger partial charge in [-0.25, -0.2) is 0 Å². The summed E-state index contributed by atoms with van der Waals surface area (Å²) in [5.41, 5.74) is 1.56. The van der Waals surface area contributed by atoms with Crippen LogP contribution in [0.3, 0.4) is 0 Å². The SMILES string of the molecule is CCn1nc(C)c(Cl)c1CN1CC(O)(C2CC2)C1. The van der Waals surface area contributed by atoms with Gasteiger partial charge < -0.3 is 5.11 Å². The highest BCUT2D eigenvalue weighted by molar-refractivity contribution is 6.31. The minimum absolute atomic E-state index is 0.418. The zero-order valence-corrected chi connectivity index (χ0v) is 11.7. The third-order valence-electron chi connectivity index (χ3n) is 4.16. The fourth-order valence-electron chi connectivity index (χ4n) is 2.95. The Morgan fingerprint density at radius 3 is 2.67 bits per heavy atom. The Hall–Kier alpha value is -0.580. The Morgan fingerprint density at radius 2 is 2.11 bits per heavy atom. The first-order valence-electron chi connectivity index (χ1n) is 6.70. The minimum Gasteiger partial charge on any atom is -0.387 e. The number of hydrogen-bond acceptors (Lipinski definition) is 3. The average molecular weight is 270 g/mol. The number of nitrogens with zero attached hydrogens (tertiary/aromatic N) is 3. The summed E-state index contributed by atoms with van der Waals surface area (Å²) in [6.07, 6.45) is 2.38. The Labute approximate surface area is 113 Å². The lowest BCUT2D eigenvalue weighted by atomic mass is 9.88. The standard InChI is InChI=1S/C13H20ClN3O/c1-3-17-11(12(14)9(2)15-17)6-16-7-13(18,8-16)10-4-5-10/h10,18H,3-8H2,1-2H3. The Kier molecular flexibility index (Phi) is 2.92. The molecule has 1 aromatic heterocycles. The van der Waals surface area contributed by atoms with Crippen LogP contribution in [0, 0.1) is 12.8 Å². The number of hydrogen-bond donors (Lipinski definition) is 1. The summed E-state index contributed by atoms with van der Waals surface area (Å²) in [7, 11) is 0. The molecule has 0 spiro atoms. The van der Waals surface area contributed by atoms with Crippen molar-refractivity contribution < 1.29 is 5.11 Å². The van der Waals surface area contributed by atoms with Gasteiger partial charge in [0, 0.05) is 26.2 Å². The Bertz CT molecular complexity index is 461. The maximum absolute atomic E-state index is 10.3. The topological polar surface area (TPSA) is 41.3 Å². The van der Waals surface area contributed by atoms with Gasteiger partial charge in [-0.05, 0) is 32.6 Å². The van der Waals surface area contributed by atoms with Crippen LogP contribution in [-0.4, -0.2) is 38.5 Å². The Morgan fingerprint density at radius 1 is 1.44 bits per heavy atom. The summed E-state index contributed by atoms with van der Waals surface area (Å²) >= 11 is 6.29. The van der Waals surface area contributed by atoms with Crippen LogP contribution in [0.15, 0.2) is 0 Å². The van der Waals surface area contributed by atoms with E-state index < -0.39 is 5.60 Å². The van der Waals surface area contributed by atoms with E-state index in [-0.39, 0.29) is 0 Å². The molecule has 1 aliphatic heterocycles. The lowest BCUT2D eigenvalue weighted by Gasteiger charge is -2.47. The molecule has 2 aliphatic rings. The fraction of sp³-hybridized carbons (Fsp3) is 0.769. The van der Waals surface area contributed by atoms with Crippen LogP contribution in [0.1, 0.15) is 31.2 Å². The predicted octanol–water partition coefficient (Wildman–Crippen LogP) is 1.82. The minimum atomic E-state index is -0.418. The third kappa shape index (κ3) is 1.96. The van der Waals surface area contributed by atoms with E-state index in [2.05, 4.69) is 16.9 Å². The van der Waals surface area contributed by atoms with Crippen LogP contribution in [0.5, 0.6) is 0 Å². The van der Waals surface area contributed by atoms with Gasteiger partial charge in [0.05, 0.1) is 22.0 Å². The van der Waals surface area contributed by atoms with Gasteiger partial charge in [0.15, 0.2) is 0 Å². The summed E-state index contributed by atoms with van der Waals surface area (Å²) in [5, 5.41) is 15.5. The van der Waals surface area contributed by atoms with Gasteiger partial charge in [0.2, 0.25) is 0 Å². The molecule has 1 aliphatic carbocycles. The number of aliphatic hydroxyl groups is 1. The third-order valence-corrected chi connectivity index (χ3v) is 4.65. The zero-order chi connectivity index (χ0) is 12.9. The second-order valence-electron chi connectivity index (χ2n) is 5.68. The van der Waals surface area contributed by atoms with Crippen molar-refractivity contribution in [2.45, 2.75) is 45.4 Å². The largest absolute Gasteiger partial charge is 0.387 e. The monoisotopic (exact) mass is 269 g/mol. The van der Waals surface area contributed by atoms with Crippen molar-refractivity contribution in [3.8, 4) is 0 Å². The molecule has 1 N–H and O–H groups in total.